The van der Waals surface area contributed by atoms with Crippen LogP contribution in [0.5, 0.6) is 5.75 Å². The Kier molecular flexibility index (Phi) is 11.2. The Labute approximate surface area is 257 Å². The predicted octanol–water partition coefficient (Wildman–Crippen LogP) is 7.93. The van der Waals surface area contributed by atoms with Crippen LogP contribution in [0.2, 0.25) is 33.2 Å². The van der Waals surface area contributed by atoms with E-state index in [-0.39, 0.29) is 19.0 Å². The van der Waals surface area contributed by atoms with E-state index in [0.29, 0.717) is 33.2 Å². The molecule has 5 atom stereocenters. The van der Waals surface area contributed by atoms with Gasteiger partial charge >= 0.3 is 5.97 Å². The van der Waals surface area contributed by atoms with Gasteiger partial charge in [0.05, 0.1) is 32.2 Å². The maximum absolute atomic E-state index is 13.0. The molecule has 3 rings (SSSR count). The maximum atomic E-state index is 13.0. The molecule has 240 valence electrons. The molecule has 1 N–H and O–H groups in total. The van der Waals surface area contributed by atoms with Crippen LogP contribution in [0.3, 0.4) is 0 Å². The molecule has 0 amide bonds. The molecular weight excluding hydrogens is 565 g/mol. The fourth-order valence-electron chi connectivity index (χ4n) is 8.56. The van der Waals surface area contributed by atoms with Gasteiger partial charge in [-0.05, 0) is 50.9 Å². The summed E-state index contributed by atoms with van der Waals surface area (Å²) in [7, 11) is -3.24. The van der Waals surface area contributed by atoms with Gasteiger partial charge in [-0.25, -0.2) is 0 Å². The second-order valence-corrected chi connectivity index (χ2v) is 25.2. The van der Waals surface area contributed by atoms with E-state index in [0.717, 1.165) is 11.3 Å². The van der Waals surface area contributed by atoms with Crippen LogP contribution < -0.4 is 4.74 Å². The number of methoxy groups -OCH3 is 1. The highest BCUT2D eigenvalue weighted by molar-refractivity contribution is 6.78. The number of hydrogen-bond acceptors (Lipinski definition) is 7. The molecule has 2 saturated heterocycles. The summed E-state index contributed by atoms with van der Waals surface area (Å²) in [6, 6.07) is 7.57. The van der Waals surface area contributed by atoms with Crippen LogP contribution in [-0.4, -0.2) is 65.5 Å². The highest BCUT2D eigenvalue weighted by Crippen LogP contribution is 2.52. The van der Waals surface area contributed by atoms with E-state index in [9.17, 15) is 9.90 Å². The Bertz CT molecular complexity index is 996. The monoisotopic (exact) mass is 622 g/mol. The van der Waals surface area contributed by atoms with Gasteiger partial charge in [0.1, 0.15) is 18.0 Å². The number of esters is 1. The predicted molar refractivity (Wildman–Crippen MR) is 173 cm³/mol. The molecule has 2 aliphatic heterocycles. The summed E-state index contributed by atoms with van der Waals surface area (Å²) >= 11 is 0. The van der Waals surface area contributed by atoms with Gasteiger partial charge in [-0.1, -0.05) is 95.2 Å². The molecule has 42 heavy (non-hydrogen) atoms. The lowest BCUT2D eigenvalue weighted by Crippen LogP contribution is -2.69. The first-order chi connectivity index (χ1) is 19.5. The Morgan fingerprint density at radius 1 is 0.786 bits per heavy atom. The molecule has 0 bridgehead atoms. The molecule has 7 nitrogen and oxygen atoms in total. The average Bonchev–Trinajstić information content (AvgIpc) is 3.24. The highest BCUT2D eigenvalue weighted by Gasteiger charge is 2.65. The Balaban J connectivity index is 2.17. The normalized spacial score (nSPS) is 27.4. The molecule has 1 spiro atoms. The zero-order valence-corrected chi connectivity index (χ0v) is 30.4. The van der Waals surface area contributed by atoms with Crippen LogP contribution in [0, 0.1) is 0 Å². The number of carbonyl (C=O) groups excluding carboxylic acids is 1. The molecule has 1 aromatic rings. The molecule has 0 aliphatic carbocycles. The summed E-state index contributed by atoms with van der Waals surface area (Å²) in [5, 5.41) is 12.5. The van der Waals surface area contributed by atoms with Crippen molar-refractivity contribution in [1.82, 2.24) is 0 Å². The van der Waals surface area contributed by atoms with Crippen molar-refractivity contribution in [3.8, 4) is 5.75 Å². The van der Waals surface area contributed by atoms with Crippen molar-refractivity contribution in [2.75, 3.05) is 13.7 Å². The van der Waals surface area contributed by atoms with Gasteiger partial charge in [0.25, 0.3) is 0 Å². The molecule has 2 aliphatic rings. The minimum Gasteiger partial charge on any atom is -0.497 e. The molecule has 0 radical (unpaired) electrons. The molecule has 0 unspecified atom stereocenters. The van der Waals surface area contributed by atoms with Crippen LogP contribution in [0.1, 0.15) is 101 Å². The third-order valence-corrected chi connectivity index (χ3v) is 22.5. The van der Waals surface area contributed by atoms with Gasteiger partial charge in [0.15, 0.2) is 0 Å². The van der Waals surface area contributed by atoms with Crippen molar-refractivity contribution in [2.45, 2.75) is 153 Å². The average molecular weight is 623 g/mol. The molecule has 1 aromatic carbocycles. The minimum absolute atomic E-state index is 0.116. The first-order valence-corrected chi connectivity index (χ1v) is 20.3. The lowest BCUT2D eigenvalue weighted by Gasteiger charge is -2.54. The van der Waals surface area contributed by atoms with Gasteiger partial charge in [-0.3, -0.25) is 4.79 Å². The number of carbonyl (C=O) groups is 1. The van der Waals surface area contributed by atoms with E-state index < -0.39 is 46.7 Å². The lowest BCUT2D eigenvalue weighted by molar-refractivity contribution is -0.316. The Hall–Kier alpha value is -1.24. The second-order valence-electron chi connectivity index (χ2n) is 14.4. The van der Waals surface area contributed by atoms with E-state index in [1.807, 2.05) is 24.3 Å². The summed E-state index contributed by atoms with van der Waals surface area (Å²) < 4.78 is 32.7. The topological polar surface area (TPSA) is 83.5 Å². The van der Waals surface area contributed by atoms with Crippen LogP contribution in [0.25, 0.3) is 0 Å². The van der Waals surface area contributed by atoms with Gasteiger partial charge in [0, 0.05) is 0 Å². The van der Waals surface area contributed by atoms with Crippen LogP contribution >= 0.6 is 0 Å². The SMILES string of the molecule is COc1ccc([C@@H]2CC(=O)O[C@]23OC[C@@H](O[Si](C(C)C)(C(C)C)C(C)C)[C@H](O[Si](C(C)C)(C(C)C)C(C)C)[C@H]3O)cc1. The molecule has 2 heterocycles. The summed E-state index contributed by atoms with van der Waals surface area (Å²) in [4.78, 5) is 13.0. The van der Waals surface area contributed by atoms with E-state index in [1.54, 1.807) is 7.11 Å². The van der Waals surface area contributed by atoms with Crippen LogP contribution in [-0.2, 0) is 23.1 Å². The molecular formula is C33H58O7Si2. The number of benzene rings is 1. The number of aliphatic hydroxyl groups is 1. The standard InChI is InChI=1S/C33H58O7Si2/c1-20(2)41(21(3)4,22(5)6)39-29-19-37-33(28(18-30(34)38-33)26-14-16-27(36-13)17-15-26)32(35)31(29)40-42(23(7)8,24(9)10)25(11)12/h14-17,20-25,28-29,31-32,35H,18-19H2,1-13H3/t28-,29+,31-,32+,33+/m0/s1. The number of rotatable bonds is 12. The number of aliphatic hydroxyl groups excluding tert-OH is 1. The Morgan fingerprint density at radius 3 is 1.67 bits per heavy atom. The van der Waals surface area contributed by atoms with Crippen molar-refractivity contribution in [2.24, 2.45) is 0 Å². The van der Waals surface area contributed by atoms with Gasteiger partial charge < -0.3 is 28.2 Å². The van der Waals surface area contributed by atoms with Gasteiger partial charge in [-0.15, -0.1) is 0 Å². The zero-order valence-electron chi connectivity index (χ0n) is 28.4. The first kappa shape index (κ1) is 35.2. The second kappa shape index (κ2) is 13.4. The summed E-state index contributed by atoms with van der Waals surface area (Å²) in [6.45, 7) is 27.2. The van der Waals surface area contributed by atoms with Crippen LogP contribution in [0.4, 0.5) is 0 Å². The lowest BCUT2D eigenvalue weighted by atomic mass is 9.82. The zero-order chi connectivity index (χ0) is 31.8. The summed E-state index contributed by atoms with van der Waals surface area (Å²) in [6.07, 6.45) is -2.29. The molecule has 0 aromatic heterocycles. The van der Waals surface area contributed by atoms with Crippen molar-refractivity contribution >= 4 is 22.6 Å². The van der Waals surface area contributed by atoms with E-state index >= 15 is 0 Å². The number of hydrogen-bond donors (Lipinski definition) is 1. The van der Waals surface area contributed by atoms with Crippen molar-refractivity contribution in [3.63, 3.8) is 0 Å². The van der Waals surface area contributed by atoms with Gasteiger partial charge in [0.2, 0.25) is 22.4 Å². The minimum atomic E-state index is -2.49. The van der Waals surface area contributed by atoms with Crippen molar-refractivity contribution in [1.29, 1.82) is 0 Å². The Morgan fingerprint density at radius 2 is 1.24 bits per heavy atom. The first-order valence-electron chi connectivity index (χ1n) is 16.0. The summed E-state index contributed by atoms with van der Waals surface area (Å²) in [5.41, 5.74) is 2.81. The smallest absolute Gasteiger partial charge is 0.309 e. The van der Waals surface area contributed by atoms with Crippen molar-refractivity contribution in [3.05, 3.63) is 29.8 Å². The van der Waals surface area contributed by atoms with E-state index in [1.165, 1.54) is 0 Å². The summed E-state index contributed by atoms with van der Waals surface area (Å²) in [5.74, 6) is -1.72. The third-order valence-electron chi connectivity index (χ3n) is 10.3. The molecule has 2 fully saturated rings. The molecule has 0 saturated carbocycles. The highest BCUT2D eigenvalue weighted by atomic mass is 28.4. The van der Waals surface area contributed by atoms with E-state index in [4.69, 9.17) is 23.1 Å². The van der Waals surface area contributed by atoms with Crippen molar-refractivity contribution < 1.29 is 33.0 Å². The van der Waals surface area contributed by atoms with Crippen LogP contribution in [0.15, 0.2) is 24.3 Å². The fourth-order valence-corrected chi connectivity index (χ4v) is 19.7. The van der Waals surface area contributed by atoms with E-state index in [2.05, 4.69) is 83.1 Å². The molecule has 9 heteroatoms. The van der Waals surface area contributed by atoms with Gasteiger partial charge in [-0.2, -0.15) is 0 Å². The quantitative estimate of drug-likeness (QED) is 0.187. The number of ether oxygens (including phenoxy) is 3. The fraction of sp³-hybridized carbons (Fsp3) is 0.788. The third kappa shape index (κ3) is 6.03. The maximum Gasteiger partial charge on any atom is 0.309 e. The largest absolute Gasteiger partial charge is 0.497 e.